The Morgan fingerprint density at radius 3 is 2.28 bits per heavy atom. The minimum absolute atomic E-state index is 0.132. The Labute approximate surface area is 112 Å². The van der Waals surface area contributed by atoms with E-state index >= 15 is 0 Å². The number of amides is 1. The van der Waals surface area contributed by atoms with Gasteiger partial charge in [-0.05, 0) is 0 Å². The van der Waals surface area contributed by atoms with Crippen molar-refractivity contribution in [3.8, 4) is 11.5 Å². The third-order valence-corrected chi connectivity index (χ3v) is 2.70. The van der Waals surface area contributed by atoms with Gasteiger partial charge in [-0.2, -0.15) is 0 Å². The van der Waals surface area contributed by atoms with Gasteiger partial charge in [-0.15, -0.1) is 0 Å². The molecular formula is C13H18ClNO3. The zero-order valence-corrected chi connectivity index (χ0v) is 12.0. The SMILES string of the molecule is COc1cc(Cl)c(NC(=O)C(C)(C)C)c(OC)c1. The van der Waals surface area contributed by atoms with Crippen molar-refractivity contribution in [3.63, 3.8) is 0 Å². The number of nitrogens with one attached hydrogen (secondary N) is 1. The number of hydrogen-bond acceptors (Lipinski definition) is 3. The van der Waals surface area contributed by atoms with Gasteiger partial charge < -0.3 is 14.8 Å². The molecule has 0 heterocycles. The second-order valence-electron chi connectivity index (χ2n) is 4.89. The van der Waals surface area contributed by atoms with Crippen LogP contribution in [0.3, 0.4) is 0 Å². The van der Waals surface area contributed by atoms with E-state index in [1.54, 1.807) is 19.2 Å². The third kappa shape index (κ3) is 3.29. The molecule has 1 aromatic rings. The first-order valence-corrected chi connectivity index (χ1v) is 5.90. The summed E-state index contributed by atoms with van der Waals surface area (Å²) >= 11 is 6.11. The molecule has 5 heteroatoms. The summed E-state index contributed by atoms with van der Waals surface area (Å²) in [6.45, 7) is 5.48. The summed E-state index contributed by atoms with van der Waals surface area (Å²) in [6.07, 6.45) is 0. The van der Waals surface area contributed by atoms with Crippen LogP contribution in [0.25, 0.3) is 0 Å². The smallest absolute Gasteiger partial charge is 0.229 e. The summed E-state index contributed by atoms with van der Waals surface area (Å²) in [4.78, 5) is 12.0. The molecule has 0 saturated heterocycles. The molecule has 1 N–H and O–H groups in total. The van der Waals surface area contributed by atoms with E-state index in [0.717, 1.165) is 0 Å². The maximum absolute atomic E-state index is 12.0. The Balaban J connectivity index is 3.13. The standard InChI is InChI=1S/C13H18ClNO3/c1-13(2,3)12(16)15-11-9(14)6-8(17-4)7-10(11)18-5/h6-7H,1-5H3,(H,15,16). The molecular weight excluding hydrogens is 254 g/mol. The number of ether oxygens (including phenoxy) is 2. The second-order valence-corrected chi connectivity index (χ2v) is 5.30. The van der Waals surface area contributed by atoms with Crippen molar-refractivity contribution in [2.75, 3.05) is 19.5 Å². The fourth-order valence-corrected chi connectivity index (χ4v) is 1.51. The predicted molar refractivity (Wildman–Crippen MR) is 72.6 cm³/mol. The number of anilines is 1. The Kier molecular flexibility index (Phi) is 4.46. The molecule has 1 amide bonds. The van der Waals surface area contributed by atoms with Crippen LogP contribution in [-0.4, -0.2) is 20.1 Å². The van der Waals surface area contributed by atoms with E-state index in [2.05, 4.69) is 5.32 Å². The van der Waals surface area contributed by atoms with Crippen LogP contribution in [0, 0.1) is 5.41 Å². The first-order chi connectivity index (χ1) is 8.29. The normalized spacial score (nSPS) is 11.0. The molecule has 0 spiro atoms. The average Bonchev–Trinajstić information content (AvgIpc) is 2.29. The quantitative estimate of drug-likeness (QED) is 0.917. The van der Waals surface area contributed by atoms with Gasteiger partial charge in [0.15, 0.2) is 0 Å². The van der Waals surface area contributed by atoms with E-state index < -0.39 is 5.41 Å². The topological polar surface area (TPSA) is 47.6 Å². The van der Waals surface area contributed by atoms with Crippen LogP contribution in [0.1, 0.15) is 20.8 Å². The maximum Gasteiger partial charge on any atom is 0.229 e. The fourth-order valence-electron chi connectivity index (χ4n) is 1.26. The number of carbonyl (C=O) groups is 1. The monoisotopic (exact) mass is 271 g/mol. The van der Waals surface area contributed by atoms with Crippen molar-refractivity contribution in [1.82, 2.24) is 0 Å². The number of rotatable bonds is 3. The minimum atomic E-state index is -0.506. The van der Waals surface area contributed by atoms with Crippen LogP contribution in [0.15, 0.2) is 12.1 Å². The molecule has 18 heavy (non-hydrogen) atoms. The lowest BCUT2D eigenvalue weighted by Crippen LogP contribution is -2.27. The molecule has 0 radical (unpaired) electrons. The summed E-state index contributed by atoms with van der Waals surface area (Å²) in [5.74, 6) is 0.912. The van der Waals surface area contributed by atoms with Gasteiger partial charge in [-0.3, -0.25) is 4.79 Å². The number of halogens is 1. The van der Waals surface area contributed by atoms with E-state index in [4.69, 9.17) is 21.1 Å². The molecule has 4 nitrogen and oxygen atoms in total. The van der Waals surface area contributed by atoms with E-state index in [1.165, 1.54) is 7.11 Å². The van der Waals surface area contributed by atoms with Gasteiger partial charge in [-0.1, -0.05) is 32.4 Å². The van der Waals surface area contributed by atoms with E-state index in [9.17, 15) is 4.79 Å². The average molecular weight is 272 g/mol. The van der Waals surface area contributed by atoms with Gasteiger partial charge in [0.2, 0.25) is 5.91 Å². The van der Waals surface area contributed by atoms with Gasteiger partial charge in [-0.25, -0.2) is 0 Å². The molecule has 0 bridgehead atoms. The zero-order valence-electron chi connectivity index (χ0n) is 11.3. The molecule has 100 valence electrons. The Morgan fingerprint density at radius 2 is 1.83 bits per heavy atom. The minimum Gasteiger partial charge on any atom is -0.497 e. The van der Waals surface area contributed by atoms with Crippen LogP contribution in [-0.2, 0) is 4.79 Å². The third-order valence-electron chi connectivity index (χ3n) is 2.40. The highest BCUT2D eigenvalue weighted by atomic mass is 35.5. The molecule has 0 unspecified atom stereocenters. The zero-order chi connectivity index (χ0) is 13.9. The van der Waals surface area contributed by atoms with E-state index in [1.807, 2.05) is 20.8 Å². The molecule has 0 aliphatic heterocycles. The lowest BCUT2D eigenvalue weighted by atomic mass is 9.95. The van der Waals surface area contributed by atoms with E-state index in [-0.39, 0.29) is 5.91 Å². The summed E-state index contributed by atoms with van der Waals surface area (Å²) in [5.41, 5.74) is -0.0475. The predicted octanol–water partition coefficient (Wildman–Crippen LogP) is 3.34. The van der Waals surface area contributed by atoms with Crippen LogP contribution < -0.4 is 14.8 Å². The van der Waals surface area contributed by atoms with Crippen molar-refractivity contribution in [1.29, 1.82) is 0 Å². The molecule has 0 aliphatic carbocycles. The van der Waals surface area contributed by atoms with Gasteiger partial charge in [0, 0.05) is 17.5 Å². The first kappa shape index (κ1) is 14.6. The summed E-state index contributed by atoms with van der Waals surface area (Å²) in [6, 6.07) is 3.30. The van der Waals surface area contributed by atoms with Crippen LogP contribution in [0.2, 0.25) is 5.02 Å². The molecule has 0 aliphatic rings. The van der Waals surface area contributed by atoms with Gasteiger partial charge in [0.25, 0.3) is 0 Å². The molecule has 1 aromatic carbocycles. The Morgan fingerprint density at radius 1 is 1.22 bits per heavy atom. The Bertz CT molecular complexity index is 452. The van der Waals surface area contributed by atoms with E-state index in [0.29, 0.717) is 22.2 Å². The summed E-state index contributed by atoms with van der Waals surface area (Å²) < 4.78 is 10.3. The lowest BCUT2D eigenvalue weighted by Gasteiger charge is -2.20. The Hall–Kier alpha value is -1.42. The van der Waals surface area contributed by atoms with Gasteiger partial charge in [0.05, 0.1) is 19.2 Å². The largest absolute Gasteiger partial charge is 0.497 e. The van der Waals surface area contributed by atoms with Crippen molar-refractivity contribution in [3.05, 3.63) is 17.2 Å². The maximum atomic E-state index is 12.0. The first-order valence-electron chi connectivity index (χ1n) is 5.52. The van der Waals surface area contributed by atoms with Crippen molar-refractivity contribution >= 4 is 23.2 Å². The second kappa shape index (κ2) is 5.48. The number of methoxy groups -OCH3 is 2. The highest BCUT2D eigenvalue weighted by molar-refractivity contribution is 6.34. The van der Waals surface area contributed by atoms with Gasteiger partial charge >= 0.3 is 0 Å². The molecule has 0 atom stereocenters. The highest BCUT2D eigenvalue weighted by Gasteiger charge is 2.23. The summed E-state index contributed by atoms with van der Waals surface area (Å²) in [7, 11) is 3.05. The van der Waals surface area contributed by atoms with Gasteiger partial charge in [0.1, 0.15) is 17.2 Å². The number of carbonyl (C=O) groups excluding carboxylic acids is 1. The molecule has 0 aromatic heterocycles. The van der Waals surface area contributed by atoms with Crippen molar-refractivity contribution in [2.24, 2.45) is 5.41 Å². The van der Waals surface area contributed by atoms with Crippen LogP contribution in [0.4, 0.5) is 5.69 Å². The highest BCUT2D eigenvalue weighted by Crippen LogP contribution is 2.37. The number of hydrogen-bond donors (Lipinski definition) is 1. The van der Waals surface area contributed by atoms with Crippen LogP contribution in [0.5, 0.6) is 11.5 Å². The van der Waals surface area contributed by atoms with Crippen molar-refractivity contribution in [2.45, 2.75) is 20.8 Å². The fraction of sp³-hybridized carbons (Fsp3) is 0.462. The number of benzene rings is 1. The van der Waals surface area contributed by atoms with Crippen LogP contribution >= 0.6 is 11.6 Å². The molecule has 1 rings (SSSR count). The summed E-state index contributed by atoms with van der Waals surface area (Å²) in [5, 5.41) is 3.15. The van der Waals surface area contributed by atoms with Crippen molar-refractivity contribution < 1.29 is 14.3 Å². The lowest BCUT2D eigenvalue weighted by molar-refractivity contribution is -0.123. The molecule has 0 saturated carbocycles. The molecule has 0 fully saturated rings.